The third-order valence-corrected chi connectivity index (χ3v) is 7.18. The quantitative estimate of drug-likeness (QED) is 0.819. The maximum atomic E-state index is 13.5. The Labute approximate surface area is 153 Å². The van der Waals surface area contributed by atoms with Crippen LogP contribution in [0.1, 0.15) is 51.4 Å². The van der Waals surface area contributed by atoms with Gasteiger partial charge in [-0.25, -0.2) is 4.39 Å². The lowest BCUT2D eigenvalue weighted by molar-refractivity contribution is -0.154. The lowest BCUT2D eigenvalue weighted by Crippen LogP contribution is -2.61. The zero-order chi connectivity index (χ0) is 18.4. The Hall–Kier alpha value is -1.68. The zero-order valence-electron chi connectivity index (χ0n) is 15.2. The Morgan fingerprint density at radius 3 is 2.35 bits per heavy atom. The molecule has 0 aromatic carbocycles. The van der Waals surface area contributed by atoms with E-state index in [2.05, 4.69) is 5.32 Å². The number of nitriles is 1. The number of carbonyl (C=O) groups excluding carboxylic acids is 2. The van der Waals surface area contributed by atoms with Crippen molar-refractivity contribution >= 4 is 11.8 Å². The van der Waals surface area contributed by atoms with Gasteiger partial charge in [-0.3, -0.25) is 9.59 Å². The summed E-state index contributed by atoms with van der Waals surface area (Å²) in [6, 6.07) is 1.39. The maximum Gasteiger partial charge on any atom is 0.237 e. The fourth-order valence-electron chi connectivity index (χ4n) is 5.17. The number of rotatable bonds is 4. The van der Waals surface area contributed by atoms with Crippen LogP contribution in [0.4, 0.5) is 4.39 Å². The largest absolute Gasteiger partial charge is 0.342 e. The van der Waals surface area contributed by atoms with Crippen LogP contribution in [0.5, 0.6) is 0 Å². The summed E-state index contributed by atoms with van der Waals surface area (Å²) < 4.78 is 13.5. The Morgan fingerprint density at radius 2 is 1.81 bits per heavy atom. The molecule has 5 rings (SSSR count). The van der Waals surface area contributed by atoms with Gasteiger partial charge < -0.3 is 15.1 Å². The number of likely N-dealkylation sites (tertiary alicyclic amines) is 2. The molecule has 0 radical (unpaired) electrons. The van der Waals surface area contributed by atoms with Crippen LogP contribution in [0.2, 0.25) is 0 Å². The van der Waals surface area contributed by atoms with Gasteiger partial charge in [0, 0.05) is 30.5 Å². The van der Waals surface area contributed by atoms with E-state index in [1.165, 1.54) is 4.90 Å². The fraction of sp³-hybridized carbons (Fsp3) is 0.842. The molecule has 0 aromatic rings. The van der Waals surface area contributed by atoms with Crippen molar-refractivity contribution in [2.24, 2.45) is 5.41 Å². The van der Waals surface area contributed by atoms with Crippen molar-refractivity contribution in [3.8, 4) is 6.07 Å². The summed E-state index contributed by atoms with van der Waals surface area (Å²) in [7, 11) is 0. The molecule has 3 aliphatic carbocycles. The van der Waals surface area contributed by atoms with Crippen LogP contribution in [-0.2, 0) is 9.59 Å². The molecule has 142 valence electrons. The molecule has 0 aromatic heterocycles. The van der Waals surface area contributed by atoms with E-state index in [4.69, 9.17) is 5.26 Å². The molecular weight excluding hydrogens is 335 g/mol. The molecule has 2 atom stereocenters. The Bertz CT molecular complexity index is 617. The third-order valence-electron chi connectivity index (χ3n) is 7.18. The SMILES string of the molecule is N#CC1CC(F)CN1C(=O)CNC12CCC(C(=O)N3CCC3)(CC1)CC2. The van der Waals surface area contributed by atoms with Gasteiger partial charge in [-0.1, -0.05) is 0 Å². The van der Waals surface area contributed by atoms with Gasteiger partial charge in [-0.05, 0) is 44.9 Å². The summed E-state index contributed by atoms with van der Waals surface area (Å²) in [5, 5.41) is 12.5. The van der Waals surface area contributed by atoms with Crippen LogP contribution in [0.25, 0.3) is 0 Å². The van der Waals surface area contributed by atoms with Gasteiger partial charge in [0.05, 0.1) is 19.2 Å². The van der Waals surface area contributed by atoms with Crippen LogP contribution >= 0.6 is 0 Å². The molecule has 6 nitrogen and oxygen atoms in total. The molecule has 5 fully saturated rings. The summed E-state index contributed by atoms with van der Waals surface area (Å²) in [4.78, 5) is 28.6. The van der Waals surface area contributed by atoms with E-state index in [9.17, 15) is 14.0 Å². The predicted octanol–water partition coefficient (Wildman–Crippen LogP) is 1.36. The minimum Gasteiger partial charge on any atom is -0.342 e. The minimum atomic E-state index is -1.10. The molecule has 3 saturated carbocycles. The molecular formula is C19H27FN4O2. The average molecular weight is 362 g/mol. The van der Waals surface area contributed by atoms with Gasteiger partial charge in [0.2, 0.25) is 11.8 Å². The summed E-state index contributed by atoms with van der Waals surface area (Å²) >= 11 is 0. The maximum absolute atomic E-state index is 13.5. The van der Waals surface area contributed by atoms with E-state index in [1.807, 2.05) is 11.0 Å². The van der Waals surface area contributed by atoms with Gasteiger partial charge in [-0.15, -0.1) is 0 Å². The third kappa shape index (κ3) is 2.88. The predicted molar refractivity (Wildman–Crippen MR) is 92.7 cm³/mol. The molecule has 2 unspecified atom stereocenters. The Balaban J connectivity index is 1.32. The topological polar surface area (TPSA) is 76.4 Å². The number of hydrogen-bond donors (Lipinski definition) is 1. The van der Waals surface area contributed by atoms with Crippen LogP contribution in [0.3, 0.4) is 0 Å². The summed E-state index contributed by atoms with van der Waals surface area (Å²) in [6.45, 7) is 1.99. The molecule has 2 bridgehead atoms. The molecule has 26 heavy (non-hydrogen) atoms. The fourth-order valence-corrected chi connectivity index (χ4v) is 5.17. The van der Waals surface area contributed by atoms with E-state index in [0.29, 0.717) is 5.91 Å². The van der Waals surface area contributed by atoms with E-state index >= 15 is 0 Å². The smallest absolute Gasteiger partial charge is 0.237 e. The molecule has 2 heterocycles. The number of alkyl halides is 1. The average Bonchev–Trinajstić information content (AvgIpc) is 3.01. The highest BCUT2D eigenvalue weighted by molar-refractivity contribution is 5.84. The highest BCUT2D eigenvalue weighted by atomic mass is 19.1. The number of fused-ring (bicyclic) bond motifs is 3. The second-order valence-electron chi connectivity index (χ2n) is 8.58. The summed E-state index contributed by atoms with van der Waals surface area (Å²) in [5.41, 5.74) is -0.250. The van der Waals surface area contributed by atoms with Crippen LogP contribution < -0.4 is 5.32 Å². The van der Waals surface area contributed by atoms with Crippen molar-refractivity contribution in [2.45, 2.75) is 69.1 Å². The number of nitrogens with zero attached hydrogens (tertiary/aromatic N) is 3. The van der Waals surface area contributed by atoms with Crippen molar-refractivity contribution in [2.75, 3.05) is 26.2 Å². The van der Waals surface area contributed by atoms with Gasteiger partial charge in [0.15, 0.2) is 0 Å². The van der Waals surface area contributed by atoms with Gasteiger partial charge >= 0.3 is 0 Å². The first-order valence-electron chi connectivity index (χ1n) is 9.85. The molecule has 5 aliphatic rings. The number of amides is 2. The molecule has 2 aliphatic heterocycles. The van der Waals surface area contributed by atoms with Crippen molar-refractivity contribution in [1.82, 2.24) is 15.1 Å². The minimum absolute atomic E-state index is 0.0270. The summed E-state index contributed by atoms with van der Waals surface area (Å²) in [6.07, 6.45) is 5.54. The van der Waals surface area contributed by atoms with Crippen molar-refractivity contribution in [1.29, 1.82) is 5.26 Å². The molecule has 0 spiro atoms. The normalized spacial score (nSPS) is 38.8. The van der Waals surface area contributed by atoms with Gasteiger partial charge in [-0.2, -0.15) is 5.26 Å². The standard InChI is InChI=1S/C19H27FN4O2/c20-14-10-15(11-21)24(13-14)16(25)12-22-19-5-2-18(3-6-19,4-7-19)17(26)23-8-1-9-23/h14-15,22H,1-10,12-13H2. The van der Waals surface area contributed by atoms with Crippen molar-refractivity contribution in [3.05, 3.63) is 0 Å². The first-order chi connectivity index (χ1) is 12.5. The molecule has 2 saturated heterocycles. The van der Waals surface area contributed by atoms with E-state index in [1.54, 1.807) is 0 Å². The van der Waals surface area contributed by atoms with Crippen molar-refractivity contribution < 1.29 is 14.0 Å². The number of nitrogens with one attached hydrogen (secondary N) is 1. The second-order valence-corrected chi connectivity index (χ2v) is 8.58. The second kappa shape index (κ2) is 6.49. The Kier molecular flexibility index (Phi) is 4.42. The van der Waals surface area contributed by atoms with Gasteiger partial charge in [0.1, 0.15) is 12.2 Å². The number of halogens is 1. The van der Waals surface area contributed by atoms with Gasteiger partial charge in [0.25, 0.3) is 0 Å². The molecule has 7 heteroatoms. The lowest BCUT2D eigenvalue weighted by Gasteiger charge is -2.54. The highest BCUT2D eigenvalue weighted by Gasteiger charge is 2.53. The van der Waals surface area contributed by atoms with Crippen molar-refractivity contribution in [3.63, 3.8) is 0 Å². The monoisotopic (exact) mass is 362 g/mol. The zero-order valence-corrected chi connectivity index (χ0v) is 15.2. The van der Waals surface area contributed by atoms with E-state index in [-0.39, 0.29) is 36.4 Å². The van der Waals surface area contributed by atoms with E-state index < -0.39 is 12.2 Å². The summed E-state index contributed by atoms with van der Waals surface area (Å²) in [5.74, 6) is 0.154. The van der Waals surface area contributed by atoms with Crippen LogP contribution in [0.15, 0.2) is 0 Å². The lowest BCUT2D eigenvalue weighted by atomic mass is 9.56. The van der Waals surface area contributed by atoms with E-state index in [0.717, 1.165) is 58.0 Å². The first-order valence-corrected chi connectivity index (χ1v) is 9.85. The Morgan fingerprint density at radius 1 is 1.15 bits per heavy atom. The number of carbonyl (C=O) groups is 2. The molecule has 1 N–H and O–H groups in total. The first kappa shape index (κ1) is 17.7. The molecule has 2 amide bonds. The van der Waals surface area contributed by atoms with Crippen LogP contribution in [-0.4, -0.2) is 65.5 Å². The van der Waals surface area contributed by atoms with Crippen LogP contribution in [0, 0.1) is 16.7 Å². The number of hydrogen-bond acceptors (Lipinski definition) is 4. The highest BCUT2D eigenvalue weighted by Crippen LogP contribution is 2.53.